The van der Waals surface area contributed by atoms with Crippen LogP contribution in [0.4, 0.5) is 5.82 Å². The van der Waals surface area contributed by atoms with Gasteiger partial charge in [-0.05, 0) is 19.8 Å². The summed E-state index contributed by atoms with van der Waals surface area (Å²) in [6.45, 7) is 1.81. The smallest absolute Gasteiger partial charge is 0.243 e. The number of aromatic nitrogens is 2. The monoisotopic (exact) mass is 257 g/mol. The van der Waals surface area contributed by atoms with Gasteiger partial charge >= 0.3 is 0 Å². The van der Waals surface area contributed by atoms with E-state index in [9.17, 15) is 13.2 Å². The Labute approximate surface area is 99.7 Å². The van der Waals surface area contributed by atoms with Crippen molar-refractivity contribution in [2.75, 3.05) is 11.1 Å². The van der Waals surface area contributed by atoms with Crippen molar-refractivity contribution < 1.29 is 13.2 Å². The molecule has 1 aromatic heterocycles. The number of anilines is 1. The van der Waals surface area contributed by atoms with E-state index in [4.69, 9.17) is 0 Å². The number of aromatic amines is 1. The molecule has 1 fully saturated rings. The topological polar surface area (TPSA) is 91.9 Å². The summed E-state index contributed by atoms with van der Waals surface area (Å²) in [7, 11) is -3.29. The predicted octanol–water partition coefficient (Wildman–Crippen LogP) is 0.624. The quantitative estimate of drug-likeness (QED) is 0.812. The van der Waals surface area contributed by atoms with Crippen LogP contribution in [0.1, 0.15) is 25.0 Å². The third-order valence-corrected chi connectivity index (χ3v) is 5.00. The van der Waals surface area contributed by atoms with E-state index in [0.717, 1.165) is 12.1 Å². The minimum Gasteiger partial charge on any atom is -0.308 e. The number of carbonyl (C=O) groups excluding carboxylic acids is 1. The van der Waals surface area contributed by atoms with E-state index in [1.165, 1.54) is 0 Å². The van der Waals surface area contributed by atoms with E-state index in [1.807, 2.05) is 0 Å². The summed E-state index contributed by atoms with van der Waals surface area (Å²) in [5.74, 6) is -0.00510. The maximum atomic E-state index is 11.8. The van der Waals surface area contributed by atoms with E-state index in [2.05, 4.69) is 15.5 Å². The van der Waals surface area contributed by atoms with Crippen molar-refractivity contribution in [3.63, 3.8) is 0 Å². The summed E-state index contributed by atoms with van der Waals surface area (Å²) >= 11 is 0. The van der Waals surface area contributed by atoms with E-state index in [1.54, 1.807) is 13.0 Å². The molecule has 2 heterocycles. The van der Waals surface area contributed by atoms with Crippen molar-refractivity contribution in [1.29, 1.82) is 0 Å². The normalized spacial score (nSPS) is 23.2. The predicted molar refractivity (Wildman–Crippen MR) is 63.4 cm³/mol. The van der Waals surface area contributed by atoms with Crippen LogP contribution in [-0.2, 0) is 14.6 Å². The van der Waals surface area contributed by atoms with Crippen molar-refractivity contribution >= 4 is 21.6 Å². The number of sulfone groups is 1. The molecule has 1 aromatic rings. The molecule has 7 heteroatoms. The molecule has 0 spiro atoms. The van der Waals surface area contributed by atoms with Gasteiger partial charge in [-0.1, -0.05) is 6.42 Å². The fourth-order valence-corrected chi connectivity index (χ4v) is 3.74. The molecule has 0 bridgehead atoms. The van der Waals surface area contributed by atoms with Gasteiger partial charge in [0, 0.05) is 11.8 Å². The molecule has 1 aliphatic heterocycles. The summed E-state index contributed by atoms with van der Waals surface area (Å²) in [6.07, 6.45) is 1.82. The van der Waals surface area contributed by atoms with Crippen LogP contribution in [0.2, 0.25) is 0 Å². The van der Waals surface area contributed by atoms with Crippen molar-refractivity contribution in [3.05, 3.63) is 11.8 Å². The van der Waals surface area contributed by atoms with Gasteiger partial charge in [0.1, 0.15) is 5.25 Å². The number of nitrogens with one attached hydrogen (secondary N) is 2. The van der Waals surface area contributed by atoms with Gasteiger partial charge in [-0.3, -0.25) is 9.89 Å². The van der Waals surface area contributed by atoms with Crippen LogP contribution >= 0.6 is 0 Å². The van der Waals surface area contributed by atoms with E-state index in [0.29, 0.717) is 18.7 Å². The van der Waals surface area contributed by atoms with E-state index < -0.39 is 21.0 Å². The highest BCUT2D eigenvalue weighted by Crippen LogP contribution is 2.20. The Hall–Kier alpha value is -1.37. The van der Waals surface area contributed by atoms with Crippen molar-refractivity contribution in [1.82, 2.24) is 10.2 Å². The number of aryl methyl sites for hydroxylation is 1. The molecule has 0 radical (unpaired) electrons. The second kappa shape index (κ2) is 4.48. The Balaban J connectivity index is 2.09. The van der Waals surface area contributed by atoms with Gasteiger partial charge in [0.15, 0.2) is 15.7 Å². The second-order valence-corrected chi connectivity index (χ2v) is 6.58. The Morgan fingerprint density at radius 3 is 2.88 bits per heavy atom. The first-order chi connectivity index (χ1) is 7.99. The van der Waals surface area contributed by atoms with Crippen molar-refractivity contribution in [2.45, 2.75) is 31.4 Å². The highest BCUT2D eigenvalue weighted by atomic mass is 32.2. The van der Waals surface area contributed by atoms with Crippen LogP contribution in [0.25, 0.3) is 0 Å². The molecule has 17 heavy (non-hydrogen) atoms. The van der Waals surface area contributed by atoms with Gasteiger partial charge in [-0.2, -0.15) is 5.10 Å². The van der Waals surface area contributed by atoms with Gasteiger partial charge in [-0.15, -0.1) is 0 Å². The summed E-state index contributed by atoms with van der Waals surface area (Å²) in [5.41, 5.74) is 0.812. The number of hydrogen-bond acceptors (Lipinski definition) is 4. The number of amides is 1. The number of H-pyrrole nitrogens is 1. The second-order valence-electron chi connectivity index (χ2n) is 4.28. The van der Waals surface area contributed by atoms with Gasteiger partial charge in [0.25, 0.3) is 0 Å². The van der Waals surface area contributed by atoms with Crippen LogP contribution in [0.15, 0.2) is 6.07 Å². The number of carbonyl (C=O) groups is 1. The molecular formula is C10H15N3O3S. The molecular weight excluding hydrogens is 242 g/mol. The number of hydrogen-bond donors (Lipinski definition) is 2. The Bertz CT molecular complexity index is 521. The minimum absolute atomic E-state index is 0.102. The fraction of sp³-hybridized carbons (Fsp3) is 0.600. The fourth-order valence-electron chi connectivity index (χ4n) is 1.94. The molecule has 94 valence electrons. The average molecular weight is 257 g/mol. The lowest BCUT2D eigenvalue weighted by atomic mass is 10.2. The zero-order chi connectivity index (χ0) is 12.5. The molecule has 1 saturated heterocycles. The first-order valence-electron chi connectivity index (χ1n) is 5.53. The van der Waals surface area contributed by atoms with Crippen LogP contribution < -0.4 is 5.32 Å². The van der Waals surface area contributed by atoms with Crippen molar-refractivity contribution in [3.8, 4) is 0 Å². The van der Waals surface area contributed by atoms with Gasteiger partial charge in [-0.25, -0.2) is 8.42 Å². The highest BCUT2D eigenvalue weighted by Gasteiger charge is 2.34. The van der Waals surface area contributed by atoms with Gasteiger partial charge in [0.2, 0.25) is 5.91 Å². The summed E-state index contributed by atoms with van der Waals surface area (Å²) in [5, 5.41) is 8.13. The lowest BCUT2D eigenvalue weighted by molar-refractivity contribution is -0.116. The molecule has 1 amide bonds. The maximum Gasteiger partial charge on any atom is 0.243 e. The third kappa shape index (κ3) is 2.66. The average Bonchev–Trinajstić information content (AvgIpc) is 2.63. The Morgan fingerprint density at radius 1 is 1.53 bits per heavy atom. The lowest BCUT2D eigenvalue weighted by Gasteiger charge is -2.20. The summed E-state index contributed by atoms with van der Waals surface area (Å²) < 4.78 is 23.5. The zero-order valence-corrected chi connectivity index (χ0v) is 10.4. The van der Waals surface area contributed by atoms with E-state index >= 15 is 0 Å². The molecule has 2 N–H and O–H groups in total. The minimum atomic E-state index is -3.29. The van der Waals surface area contributed by atoms with Crippen LogP contribution in [0.3, 0.4) is 0 Å². The molecule has 1 atom stereocenters. The summed E-state index contributed by atoms with van der Waals surface area (Å²) in [4.78, 5) is 11.8. The van der Waals surface area contributed by atoms with Crippen LogP contribution in [0, 0.1) is 6.92 Å². The third-order valence-electron chi connectivity index (χ3n) is 2.83. The Kier molecular flexibility index (Phi) is 3.19. The molecule has 2 rings (SSSR count). The molecule has 0 aromatic carbocycles. The molecule has 1 aliphatic rings. The molecule has 0 aliphatic carbocycles. The number of rotatable bonds is 2. The summed E-state index contributed by atoms with van der Waals surface area (Å²) in [6, 6.07) is 1.66. The Morgan fingerprint density at radius 2 is 2.29 bits per heavy atom. The lowest BCUT2D eigenvalue weighted by Crippen LogP contribution is -2.39. The molecule has 0 saturated carbocycles. The molecule has 6 nitrogen and oxygen atoms in total. The van der Waals surface area contributed by atoms with Gasteiger partial charge in [0.05, 0.1) is 5.75 Å². The van der Waals surface area contributed by atoms with Crippen molar-refractivity contribution in [2.24, 2.45) is 0 Å². The van der Waals surface area contributed by atoms with Gasteiger partial charge < -0.3 is 5.32 Å². The first-order valence-corrected chi connectivity index (χ1v) is 7.25. The molecule has 1 unspecified atom stereocenters. The largest absolute Gasteiger partial charge is 0.308 e. The highest BCUT2D eigenvalue weighted by molar-refractivity contribution is 7.92. The number of nitrogens with zero attached hydrogens (tertiary/aromatic N) is 1. The standard InChI is InChI=1S/C10H15N3O3S/c1-7-6-9(13-12-7)11-10(14)8-4-2-3-5-17(8,15)16/h6,8H,2-5H2,1H3,(H2,11,12,13,14). The van der Waals surface area contributed by atoms with E-state index in [-0.39, 0.29) is 5.75 Å². The van der Waals surface area contributed by atoms with Crippen LogP contribution in [-0.4, -0.2) is 35.5 Å². The zero-order valence-electron chi connectivity index (χ0n) is 9.56. The maximum absolute atomic E-state index is 11.8. The van der Waals surface area contributed by atoms with Crippen LogP contribution in [0.5, 0.6) is 0 Å². The first kappa shape index (κ1) is 12.1. The SMILES string of the molecule is Cc1cc(NC(=O)C2CCCCS2(=O)=O)n[nH]1.